The van der Waals surface area contributed by atoms with Crippen LogP contribution in [0.25, 0.3) is 0 Å². The van der Waals surface area contributed by atoms with E-state index in [1.807, 2.05) is 32.2 Å². The Hall–Kier alpha value is -0.0100. The minimum Gasteiger partial charge on any atom is -0.148 e. The Kier molecular flexibility index (Phi) is 4.83. The van der Waals surface area contributed by atoms with E-state index in [1.54, 1.807) is 11.3 Å². The number of hydrogen-bond acceptors (Lipinski definition) is 1. The van der Waals surface area contributed by atoms with E-state index in [4.69, 9.17) is 11.6 Å². The molecule has 1 heterocycles. The highest BCUT2D eigenvalue weighted by molar-refractivity contribution is 7.10. The monoisotopic (exact) mass is 162 g/mol. The standard InChI is InChI=1S/C5H5ClS.C2H6/c1-4-5(6)2-3-7-4;1-2/h2-3H,1H3;1-2H3. The number of hydrogen-bond donors (Lipinski definition) is 0. The van der Waals surface area contributed by atoms with Crippen LogP contribution in [0.1, 0.15) is 18.7 Å². The summed E-state index contributed by atoms with van der Waals surface area (Å²) in [4.78, 5) is 1.20. The number of rotatable bonds is 0. The second kappa shape index (κ2) is 4.83. The highest BCUT2D eigenvalue weighted by Crippen LogP contribution is 2.19. The van der Waals surface area contributed by atoms with Crippen LogP contribution in [-0.4, -0.2) is 0 Å². The average Bonchev–Trinajstić information content (AvgIpc) is 2.23. The van der Waals surface area contributed by atoms with Gasteiger partial charge in [0, 0.05) is 4.88 Å². The van der Waals surface area contributed by atoms with Gasteiger partial charge in [-0.1, -0.05) is 25.4 Å². The van der Waals surface area contributed by atoms with Crippen LogP contribution >= 0.6 is 22.9 Å². The molecular weight excluding hydrogens is 152 g/mol. The molecule has 1 aromatic heterocycles. The van der Waals surface area contributed by atoms with Gasteiger partial charge in [-0.25, -0.2) is 0 Å². The van der Waals surface area contributed by atoms with Crippen molar-refractivity contribution < 1.29 is 0 Å². The minimum absolute atomic E-state index is 0.880. The molecule has 1 rings (SSSR count). The van der Waals surface area contributed by atoms with Crippen LogP contribution in [0.15, 0.2) is 11.4 Å². The fourth-order valence-electron chi connectivity index (χ4n) is 0.369. The van der Waals surface area contributed by atoms with Crippen LogP contribution in [0.2, 0.25) is 5.02 Å². The van der Waals surface area contributed by atoms with Gasteiger partial charge in [0.25, 0.3) is 0 Å². The molecule has 0 nitrogen and oxygen atoms in total. The topological polar surface area (TPSA) is 0 Å². The van der Waals surface area contributed by atoms with Crippen LogP contribution < -0.4 is 0 Å². The Morgan fingerprint density at radius 1 is 1.44 bits per heavy atom. The Bertz CT molecular complexity index is 141. The summed E-state index contributed by atoms with van der Waals surface area (Å²) in [7, 11) is 0. The zero-order chi connectivity index (χ0) is 7.28. The quantitative estimate of drug-likeness (QED) is 0.545. The molecule has 0 aliphatic carbocycles. The maximum Gasteiger partial charge on any atom is 0.0542 e. The Morgan fingerprint density at radius 2 is 2.00 bits per heavy atom. The van der Waals surface area contributed by atoms with Crippen molar-refractivity contribution in [2.45, 2.75) is 20.8 Å². The lowest BCUT2D eigenvalue weighted by Gasteiger charge is -1.76. The van der Waals surface area contributed by atoms with Crippen molar-refractivity contribution >= 4 is 22.9 Å². The largest absolute Gasteiger partial charge is 0.148 e. The van der Waals surface area contributed by atoms with E-state index in [0.717, 1.165) is 5.02 Å². The van der Waals surface area contributed by atoms with Crippen molar-refractivity contribution in [3.8, 4) is 0 Å². The predicted molar refractivity (Wildman–Crippen MR) is 45.4 cm³/mol. The molecule has 9 heavy (non-hydrogen) atoms. The van der Waals surface area contributed by atoms with Crippen molar-refractivity contribution in [3.05, 3.63) is 21.3 Å². The molecule has 2 heteroatoms. The van der Waals surface area contributed by atoms with Gasteiger partial charge in [-0.05, 0) is 18.4 Å². The third kappa shape index (κ3) is 2.87. The lowest BCUT2D eigenvalue weighted by Crippen LogP contribution is -1.52. The molecule has 0 atom stereocenters. The van der Waals surface area contributed by atoms with E-state index in [9.17, 15) is 0 Å². The maximum absolute atomic E-state index is 5.63. The number of halogens is 1. The molecule has 0 radical (unpaired) electrons. The Balaban J connectivity index is 0.000000291. The summed E-state index contributed by atoms with van der Waals surface area (Å²) in [5.74, 6) is 0. The summed E-state index contributed by atoms with van der Waals surface area (Å²) in [6.07, 6.45) is 0. The van der Waals surface area contributed by atoms with Crippen molar-refractivity contribution in [2.24, 2.45) is 0 Å². The summed E-state index contributed by atoms with van der Waals surface area (Å²) in [5.41, 5.74) is 0. The van der Waals surface area contributed by atoms with Crippen molar-refractivity contribution in [1.82, 2.24) is 0 Å². The highest BCUT2D eigenvalue weighted by Gasteiger charge is 1.89. The first-order chi connectivity index (χ1) is 4.30. The number of thiophene rings is 1. The molecule has 0 amide bonds. The van der Waals surface area contributed by atoms with Gasteiger partial charge in [-0.3, -0.25) is 0 Å². The second-order valence-corrected chi connectivity index (χ2v) is 2.85. The van der Waals surface area contributed by atoms with Gasteiger partial charge in [-0.15, -0.1) is 11.3 Å². The van der Waals surface area contributed by atoms with E-state index >= 15 is 0 Å². The third-order valence-corrected chi connectivity index (χ3v) is 2.16. The first kappa shape index (κ1) is 8.99. The van der Waals surface area contributed by atoms with Crippen molar-refractivity contribution in [2.75, 3.05) is 0 Å². The van der Waals surface area contributed by atoms with Gasteiger partial charge in [-0.2, -0.15) is 0 Å². The van der Waals surface area contributed by atoms with Crippen LogP contribution in [-0.2, 0) is 0 Å². The first-order valence-corrected chi connectivity index (χ1v) is 4.26. The molecule has 0 bridgehead atoms. The normalized spacial score (nSPS) is 8.00. The fourth-order valence-corrected chi connectivity index (χ4v) is 1.23. The predicted octanol–water partition coefficient (Wildman–Crippen LogP) is 3.74. The molecule has 0 unspecified atom stereocenters. The van der Waals surface area contributed by atoms with Gasteiger partial charge in [0.05, 0.1) is 5.02 Å². The number of aryl methyl sites for hydroxylation is 1. The van der Waals surface area contributed by atoms with E-state index in [2.05, 4.69) is 0 Å². The molecule has 0 saturated carbocycles. The highest BCUT2D eigenvalue weighted by atomic mass is 35.5. The molecular formula is C7H11ClS. The Morgan fingerprint density at radius 3 is 2.11 bits per heavy atom. The molecule has 0 aliphatic rings. The lowest BCUT2D eigenvalue weighted by atomic mass is 10.5. The van der Waals surface area contributed by atoms with E-state index in [0.29, 0.717) is 0 Å². The third-order valence-electron chi connectivity index (χ3n) is 0.796. The molecule has 0 fully saturated rings. The molecule has 0 N–H and O–H groups in total. The maximum atomic E-state index is 5.63. The van der Waals surface area contributed by atoms with Crippen molar-refractivity contribution in [3.63, 3.8) is 0 Å². The summed E-state index contributed by atoms with van der Waals surface area (Å²) in [5, 5.41) is 2.86. The summed E-state index contributed by atoms with van der Waals surface area (Å²) >= 11 is 7.31. The summed E-state index contributed by atoms with van der Waals surface area (Å²) < 4.78 is 0. The average molecular weight is 163 g/mol. The lowest BCUT2D eigenvalue weighted by molar-refractivity contribution is 1.50. The zero-order valence-electron chi connectivity index (χ0n) is 5.94. The van der Waals surface area contributed by atoms with Gasteiger partial charge in [0.15, 0.2) is 0 Å². The van der Waals surface area contributed by atoms with Gasteiger partial charge in [0.1, 0.15) is 0 Å². The molecule has 0 aliphatic heterocycles. The summed E-state index contributed by atoms with van der Waals surface area (Å²) in [6.45, 7) is 6.01. The van der Waals surface area contributed by atoms with Crippen LogP contribution in [0.4, 0.5) is 0 Å². The first-order valence-electron chi connectivity index (χ1n) is 3.00. The van der Waals surface area contributed by atoms with Gasteiger partial charge < -0.3 is 0 Å². The molecule has 52 valence electrons. The van der Waals surface area contributed by atoms with Crippen molar-refractivity contribution in [1.29, 1.82) is 0 Å². The van der Waals surface area contributed by atoms with E-state index < -0.39 is 0 Å². The fraction of sp³-hybridized carbons (Fsp3) is 0.429. The summed E-state index contributed by atoms with van der Waals surface area (Å²) in [6, 6.07) is 1.90. The molecule has 0 spiro atoms. The second-order valence-electron chi connectivity index (χ2n) is 1.32. The van der Waals surface area contributed by atoms with E-state index in [-0.39, 0.29) is 0 Å². The minimum atomic E-state index is 0.880. The van der Waals surface area contributed by atoms with Gasteiger partial charge in [0.2, 0.25) is 0 Å². The zero-order valence-corrected chi connectivity index (χ0v) is 7.51. The van der Waals surface area contributed by atoms with Crippen LogP contribution in [0, 0.1) is 6.92 Å². The molecule has 1 aromatic rings. The molecule has 0 aromatic carbocycles. The SMILES string of the molecule is CC.Cc1sccc1Cl. The van der Waals surface area contributed by atoms with Gasteiger partial charge >= 0.3 is 0 Å². The molecule has 0 saturated heterocycles. The smallest absolute Gasteiger partial charge is 0.0542 e. The van der Waals surface area contributed by atoms with Crippen LogP contribution in [0.5, 0.6) is 0 Å². The van der Waals surface area contributed by atoms with E-state index in [1.165, 1.54) is 4.88 Å². The Labute approximate surface area is 65.5 Å². The van der Waals surface area contributed by atoms with Crippen LogP contribution in [0.3, 0.4) is 0 Å².